The number of Topliss-reactive ketones (excluding diaryl/α,β-unsaturated/α-hetero) is 1. The summed E-state index contributed by atoms with van der Waals surface area (Å²) in [7, 11) is 0. The molecule has 1 aliphatic heterocycles. The molecule has 1 aliphatic carbocycles. The summed E-state index contributed by atoms with van der Waals surface area (Å²) in [4.78, 5) is 12.7. The Hall–Kier alpha value is -1.25. The molecule has 0 spiro atoms. The Morgan fingerprint density at radius 1 is 0.778 bits per heavy atom. The lowest BCUT2D eigenvalue weighted by Gasteiger charge is -2.24. The van der Waals surface area contributed by atoms with Crippen LogP contribution in [-0.4, -0.2) is 19.0 Å². The molecule has 3 heteroatoms. The zero-order valence-electron chi connectivity index (χ0n) is 12.1. The minimum atomic E-state index is -0.231. The third-order valence-electron chi connectivity index (χ3n) is 3.19. The van der Waals surface area contributed by atoms with Gasteiger partial charge in [0, 0.05) is 0 Å². The van der Waals surface area contributed by atoms with Crippen LogP contribution in [0.1, 0.15) is 41.5 Å². The fourth-order valence-corrected chi connectivity index (χ4v) is 2.48. The van der Waals surface area contributed by atoms with E-state index < -0.39 is 0 Å². The largest absolute Gasteiger partial charge is 0.486 e. The Labute approximate surface area is 109 Å². The first-order valence-corrected chi connectivity index (χ1v) is 6.44. The molecular weight excluding hydrogens is 228 g/mol. The fraction of sp³-hybridized carbons (Fsp3) is 0.667. The van der Waals surface area contributed by atoms with E-state index >= 15 is 0 Å². The molecule has 3 nitrogen and oxygen atoms in total. The van der Waals surface area contributed by atoms with Gasteiger partial charge in [-0.1, -0.05) is 41.5 Å². The van der Waals surface area contributed by atoms with Crippen LogP contribution < -0.4 is 0 Å². The molecule has 0 aromatic carbocycles. The van der Waals surface area contributed by atoms with E-state index in [-0.39, 0.29) is 16.6 Å². The van der Waals surface area contributed by atoms with Crippen LogP contribution in [-0.2, 0) is 14.3 Å². The van der Waals surface area contributed by atoms with Crippen molar-refractivity contribution < 1.29 is 14.3 Å². The van der Waals surface area contributed by atoms with Crippen molar-refractivity contribution in [2.45, 2.75) is 41.5 Å². The Balaban J connectivity index is 2.59. The van der Waals surface area contributed by atoms with Crippen LogP contribution in [0.4, 0.5) is 0 Å². The average Bonchev–Trinajstić information content (AvgIpc) is 2.47. The normalized spacial score (nSPS) is 20.9. The number of carbonyl (C=O) groups excluding carboxylic acids is 1. The molecule has 0 radical (unpaired) electrons. The molecule has 1 heterocycles. The summed E-state index contributed by atoms with van der Waals surface area (Å²) in [5.74, 6) is 1.43. The van der Waals surface area contributed by atoms with E-state index in [1.54, 1.807) is 0 Å². The van der Waals surface area contributed by atoms with E-state index in [4.69, 9.17) is 9.47 Å². The number of ketones is 1. The molecule has 0 amide bonds. The predicted octanol–water partition coefficient (Wildman–Crippen LogP) is 3.22. The average molecular weight is 250 g/mol. The van der Waals surface area contributed by atoms with E-state index in [2.05, 4.69) is 0 Å². The first-order valence-electron chi connectivity index (χ1n) is 6.44. The number of fused-ring (bicyclic) bond motifs is 1. The van der Waals surface area contributed by atoms with Gasteiger partial charge in [0.2, 0.25) is 0 Å². The molecule has 2 rings (SSSR count). The maximum Gasteiger partial charge on any atom is 0.193 e. The quantitative estimate of drug-likeness (QED) is 0.662. The van der Waals surface area contributed by atoms with E-state index in [1.807, 2.05) is 41.5 Å². The molecule has 0 atom stereocenters. The van der Waals surface area contributed by atoms with Crippen LogP contribution in [0.25, 0.3) is 0 Å². The number of carbonyl (C=O) groups is 1. The maximum absolute atomic E-state index is 12.7. The predicted molar refractivity (Wildman–Crippen MR) is 69.9 cm³/mol. The van der Waals surface area contributed by atoms with Gasteiger partial charge in [0.05, 0.1) is 11.1 Å². The summed E-state index contributed by atoms with van der Waals surface area (Å²) in [6.07, 6.45) is 0. The molecule has 1 saturated heterocycles. The standard InChI is InChI=1S/C15H22O3/c1-14(2,3)9-11(16)10(15(4,5)6)13-12(9)17-7-8-18-13/h7-8H2,1-6H3. The first kappa shape index (κ1) is 13.2. The summed E-state index contributed by atoms with van der Waals surface area (Å²) in [6.45, 7) is 13.3. The molecule has 0 aromatic heterocycles. The summed E-state index contributed by atoms with van der Waals surface area (Å²) >= 11 is 0. The molecule has 0 bridgehead atoms. The topological polar surface area (TPSA) is 35.5 Å². The van der Waals surface area contributed by atoms with Crippen LogP contribution >= 0.6 is 0 Å². The van der Waals surface area contributed by atoms with Crippen LogP contribution in [0.3, 0.4) is 0 Å². The molecular formula is C15H22O3. The van der Waals surface area contributed by atoms with Crippen LogP contribution in [0.15, 0.2) is 22.7 Å². The minimum Gasteiger partial charge on any atom is -0.486 e. The van der Waals surface area contributed by atoms with Crippen molar-refractivity contribution in [1.82, 2.24) is 0 Å². The first-order chi connectivity index (χ1) is 8.14. The molecule has 0 aromatic rings. The van der Waals surface area contributed by atoms with Crippen molar-refractivity contribution in [3.8, 4) is 0 Å². The number of hydrogen-bond donors (Lipinski definition) is 0. The van der Waals surface area contributed by atoms with E-state index in [0.29, 0.717) is 24.7 Å². The second-order valence-electron chi connectivity index (χ2n) is 6.93. The van der Waals surface area contributed by atoms with Gasteiger partial charge >= 0.3 is 0 Å². The molecule has 2 aliphatic rings. The van der Waals surface area contributed by atoms with Gasteiger partial charge in [0.15, 0.2) is 17.3 Å². The molecule has 100 valence electrons. The smallest absolute Gasteiger partial charge is 0.193 e. The lowest BCUT2D eigenvalue weighted by molar-refractivity contribution is -0.113. The number of rotatable bonds is 0. The lowest BCUT2D eigenvalue weighted by Crippen LogP contribution is -2.23. The second-order valence-corrected chi connectivity index (χ2v) is 6.93. The highest BCUT2D eigenvalue weighted by Gasteiger charge is 2.45. The van der Waals surface area contributed by atoms with E-state index in [0.717, 1.165) is 11.1 Å². The fourth-order valence-electron chi connectivity index (χ4n) is 2.48. The summed E-state index contributed by atoms with van der Waals surface area (Å²) in [6, 6.07) is 0. The summed E-state index contributed by atoms with van der Waals surface area (Å²) < 4.78 is 11.4. The molecule has 18 heavy (non-hydrogen) atoms. The number of allylic oxidation sites excluding steroid dienone is 2. The van der Waals surface area contributed by atoms with E-state index in [1.165, 1.54) is 0 Å². The van der Waals surface area contributed by atoms with Gasteiger partial charge in [-0.05, 0) is 10.8 Å². The van der Waals surface area contributed by atoms with Crippen LogP contribution in [0.5, 0.6) is 0 Å². The van der Waals surface area contributed by atoms with Gasteiger partial charge in [-0.2, -0.15) is 0 Å². The van der Waals surface area contributed by atoms with Crippen LogP contribution in [0, 0.1) is 10.8 Å². The highest BCUT2D eigenvalue weighted by atomic mass is 16.6. The number of ether oxygens (including phenoxy) is 2. The molecule has 0 unspecified atom stereocenters. The summed E-state index contributed by atoms with van der Waals surface area (Å²) in [5, 5.41) is 0. The van der Waals surface area contributed by atoms with Crippen LogP contribution in [0.2, 0.25) is 0 Å². The second kappa shape index (κ2) is 3.87. The monoisotopic (exact) mass is 250 g/mol. The molecule has 0 saturated carbocycles. The Bertz CT molecular complexity index is 411. The summed E-state index contributed by atoms with van der Waals surface area (Å²) in [5.41, 5.74) is 1.04. The van der Waals surface area contributed by atoms with Crippen molar-refractivity contribution in [3.63, 3.8) is 0 Å². The van der Waals surface area contributed by atoms with E-state index in [9.17, 15) is 4.79 Å². The Morgan fingerprint density at radius 3 is 1.39 bits per heavy atom. The van der Waals surface area contributed by atoms with Crippen molar-refractivity contribution in [2.24, 2.45) is 10.8 Å². The van der Waals surface area contributed by atoms with Gasteiger partial charge in [0.1, 0.15) is 13.2 Å². The van der Waals surface area contributed by atoms with Crippen molar-refractivity contribution in [3.05, 3.63) is 22.7 Å². The molecule has 0 N–H and O–H groups in total. The third-order valence-corrected chi connectivity index (χ3v) is 3.19. The zero-order chi connectivity index (χ0) is 13.7. The van der Waals surface area contributed by atoms with Gasteiger partial charge < -0.3 is 9.47 Å². The maximum atomic E-state index is 12.7. The minimum absolute atomic E-state index is 0.0851. The van der Waals surface area contributed by atoms with Crippen molar-refractivity contribution >= 4 is 5.78 Å². The van der Waals surface area contributed by atoms with Crippen molar-refractivity contribution in [1.29, 1.82) is 0 Å². The third kappa shape index (κ3) is 1.96. The zero-order valence-corrected chi connectivity index (χ0v) is 12.1. The van der Waals surface area contributed by atoms with Gasteiger partial charge in [-0.25, -0.2) is 0 Å². The Morgan fingerprint density at radius 2 is 1.11 bits per heavy atom. The highest BCUT2D eigenvalue weighted by Crippen LogP contribution is 2.46. The Kier molecular flexibility index (Phi) is 2.84. The van der Waals surface area contributed by atoms with Gasteiger partial charge in [-0.3, -0.25) is 4.79 Å². The molecule has 1 fully saturated rings. The number of hydrogen-bond acceptors (Lipinski definition) is 3. The van der Waals surface area contributed by atoms with Gasteiger partial charge in [-0.15, -0.1) is 0 Å². The highest BCUT2D eigenvalue weighted by molar-refractivity contribution is 6.14. The van der Waals surface area contributed by atoms with Crippen molar-refractivity contribution in [2.75, 3.05) is 13.2 Å². The van der Waals surface area contributed by atoms with Gasteiger partial charge in [0.25, 0.3) is 0 Å². The SMILES string of the molecule is CC(C)(C)C1=C2OCCOC2=C(C(C)(C)C)C1=O. The lowest BCUT2D eigenvalue weighted by atomic mass is 9.78.